The normalized spacial score (nSPS) is 17.3. The zero-order valence-electron chi connectivity index (χ0n) is 22.9. The number of fused-ring (bicyclic) bond motifs is 1. The van der Waals surface area contributed by atoms with E-state index >= 15 is 0 Å². The van der Waals surface area contributed by atoms with Gasteiger partial charge in [-0.1, -0.05) is 13.8 Å². The van der Waals surface area contributed by atoms with Crippen molar-refractivity contribution in [2.45, 2.75) is 38.6 Å². The van der Waals surface area contributed by atoms with Gasteiger partial charge in [-0.3, -0.25) is 14.8 Å². The minimum absolute atomic E-state index is 0.0529. The summed E-state index contributed by atoms with van der Waals surface area (Å²) < 4.78 is 14.7. The number of nitrogens with one attached hydrogen (secondary N) is 1. The van der Waals surface area contributed by atoms with E-state index in [2.05, 4.69) is 34.0 Å². The average Bonchev–Trinajstić information content (AvgIpc) is 2.94. The van der Waals surface area contributed by atoms with E-state index < -0.39 is 0 Å². The molecule has 0 saturated carbocycles. The molecule has 208 valence electrons. The Morgan fingerprint density at radius 1 is 1.07 bits per heavy atom. The van der Waals surface area contributed by atoms with Crippen molar-refractivity contribution in [3.63, 3.8) is 0 Å². The first-order chi connectivity index (χ1) is 19.3. The minimum Gasteiger partial charge on any atom is -0.396 e. The molecule has 2 N–H and O–H groups in total. The lowest BCUT2D eigenvalue weighted by molar-refractivity contribution is 0.0949. The molecule has 0 radical (unpaired) electrons. The van der Waals surface area contributed by atoms with Crippen LogP contribution in [0.15, 0.2) is 53.7 Å². The molecule has 0 aromatic carbocycles. The van der Waals surface area contributed by atoms with Crippen LogP contribution in [0.4, 0.5) is 10.2 Å². The highest BCUT2D eigenvalue weighted by atomic mass is 32.2. The van der Waals surface area contributed by atoms with Gasteiger partial charge in [-0.05, 0) is 49.4 Å². The average molecular weight is 561 g/mol. The molecule has 0 aliphatic carbocycles. The summed E-state index contributed by atoms with van der Waals surface area (Å²) in [5.41, 5.74) is 3.64. The molecular formula is C30H33FN6O2S. The van der Waals surface area contributed by atoms with Crippen LogP contribution in [-0.2, 0) is 6.54 Å². The maximum absolute atomic E-state index is 14.7. The molecule has 2 unspecified atom stereocenters. The number of hydrogen-bond acceptors (Lipinski definition) is 8. The van der Waals surface area contributed by atoms with Crippen molar-refractivity contribution < 1.29 is 14.3 Å². The number of nitrogens with zero attached hydrogens (tertiary/aromatic N) is 5. The third-order valence-electron chi connectivity index (χ3n) is 6.94. The number of halogens is 1. The van der Waals surface area contributed by atoms with E-state index in [1.165, 1.54) is 23.9 Å². The Morgan fingerprint density at radius 2 is 1.88 bits per heavy atom. The third-order valence-corrected chi connectivity index (χ3v) is 8.05. The summed E-state index contributed by atoms with van der Waals surface area (Å²) in [6.07, 6.45) is 4.42. The quantitative estimate of drug-likeness (QED) is 0.289. The Morgan fingerprint density at radius 3 is 2.65 bits per heavy atom. The fourth-order valence-electron chi connectivity index (χ4n) is 5.14. The molecule has 10 heteroatoms. The number of amides is 1. The van der Waals surface area contributed by atoms with Gasteiger partial charge in [0.15, 0.2) is 0 Å². The van der Waals surface area contributed by atoms with Crippen LogP contribution in [0.2, 0.25) is 0 Å². The summed E-state index contributed by atoms with van der Waals surface area (Å²) in [6, 6.07) is 10.2. The van der Waals surface area contributed by atoms with Gasteiger partial charge < -0.3 is 15.3 Å². The van der Waals surface area contributed by atoms with Crippen LogP contribution in [0.25, 0.3) is 22.3 Å². The molecule has 0 spiro atoms. The molecule has 5 heterocycles. The fourth-order valence-corrected chi connectivity index (χ4v) is 5.92. The number of pyridine rings is 4. The maximum Gasteiger partial charge on any atom is 0.253 e. The fraction of sp³-hybridized carbons (Fsp3) is 0.367. The lowest BCUT2D eigenvalue weighted by atomic mass is 9.92. The lowest BCUT2D eigenvalue weighted by Crippen LogP contribution is -2.39. The van der Waals surface area contributed by atoms with Crippen molar-refractivity contribution in [2.75, 3.05) is 30.3 Å². The molecule has 1 aliphatic rings. The Bertz CT molecular complexity index is 1520. The molecule has 2 atom stereocenters. The molecule has 0 bridgehead atoms. The Balaban J connectivity index is 1.34. The van der Waals surface area contributed by atoms with Crippen molar-refractivity contribution in [1.29, 1.82) is 0 Å². The third kappa shape index (κ3) is 6.56. The zero-order valence-corrected chi connectivity index (χ0v) is 23.7. The van der Waals surface area contributed by atoms with Crippen LogP contribution in [0, 0.1) is 24.6 Å². The molecule has 5 rings (SSSR count). The second-order valence-corrected chi connectivity index (χ2v) is 11.6. The second kappa shape index (κ2) is 12.3. The highest BCUT2D eigenvalue weighted by Gasteiger charge is 2.23. The summed E-state index contributed by atoms with van der Waals surface area (Å²) in [4.78, 5) is 34.1. The minimum atomic E-state index is -0.338. The molecule has 40 heavy (non-hydrogen) atoms. The second-order valence-electron chi connectivity index (χ2n) is 10.5. The molecule has 1 aliphatic heterocycles. The highest BCUT2D eigenvalue weighted by molar-refractivity contribution is 7.99. The predicted octanol–water partition coefficient (Wildman–Crippen LogP) is 5.03. The van der Waals surface area contributed by atoms with Crippen molar-refractivity contribution in [3.05, 3.63) is 71.6 Å². The molecule has 1 amide bonds. The Hall–Kier alpha value is -3.63. The lowest BCUT2D eigenvalue weighted by Gasteiger charge is -2.36. The van der Waals surface area contributed by atoms with Crippen LogP contribution in [0.5, 0.6) is 0 Å². The van der Waals surface area contributed by atoms with E-state index in [0.29, 0.717) is 51.6 Å². The van der Waals surface area contributed by atoms with Gasteiger partial charge in [0.2, 0.25) is 0 Å². The topological polar surface area (TPSA) is 104 Å². The van der Waals surface area contributed by atoms with Crippen molar-refractivity contribution >= 4 is 34.4 Å². The summed E-state index contributed by atoms with van der Waals surface area (Å²) in [5, 5.41) is 12.8. The first-order valence-corrected chi connectivity index (χ1v) is 14.4. The van der Waals surface area contributed by atoms with Crippen LogP contribution in [0.3, 0.4) is 0 Å². The largest absolute Gasteiger partial charge is 0.396 e. The SMILES string of the molecule is Cc1ncc(C(=O)NCc2cc3nc(-c4cc(F)cc(N5CC(C)CC(C)C5)n4)ccc3cn2)cc1SCCO. The van der Waals surface area contributed by atoms with Crippen molar-refractivity contribution in [2.24, 2.45) is 11.8 Å². The maximum atomic E-state index is 14.7. The molecule has 4 aromatic rings. The van der Waals surface area contributed by atoms with Crippen LogP contribution in [-0.4, -0.2) is 56.4 Å². The van der Waals surface area contributed by atoms with E-state index in [4.69, 9.17) is 15.1 Å². The van der Waals surface area contributed by atoms with Crippen LogP contribution < -0.4 is 10.2 Å². The summed E-state index contributed by atoms with van der Waals surface area (Å²) in [5.74, 6) is 1.62. The number of thioether (sulfide) groups is 1. The smallest absolute Gasteiger partial charge is 0.253 e. The monoisotopic (exact) mass is 560 g/mol. The van der Waals surface area contributed by atoms with Gasteiger partial charge in [-0.2, -0.15) is 0 Å². The Kier molecular flexibility index (Phi) is 8.56. The van der Waals surface area contributed by atoms with Gasteiger partial charge in [0.1, 0.15) is 11.6 Å². The number of piperidine rings is 1. The molecule has 8 nitrogen and oxygen atoms in total. The van der Waals surface area contributed by atoms with Crippen LogP contribution in [0.1, 0.15) is 42.0 Å². The number of aliphatic hydroxyl groups is 1. The zero-order chi connectivity index (χ0) is 28.2. The molecule has 4 aromatic heterocycles. The first-order valence-electron chi connectivity index (χ1n) is 13.5. The highest BCUT2D eigenvalue weighted by Crippen LogP contribution is 2.28. The van der Waals surface area contributed by atoms with E-state index in [1.54, 1.807) is 18.5 Å². The summed E-state index contributed by atoms with van der Waals surface area (Å²) in [6.45, 7) is 8.28. The number of anilines is 1. The Labute approximate surface area is 237 Å². The summed E-state index contributed by atoms with van der Waals surface area (Å²) >= 11 is 1.46. The van der Waals surface area contributed by atoms with E-state index in [-0.39, 0.29) is 24.9 Å². The van der Waals surface area contributed by atoms with Crippen molar-refractivity contribution in [1.82, 2.24) is 25.3 Å². The van der Waals surface area contributed by atoms with E-state index in [0.717, 1.165) is 35.5 Å². The molecule has 1 fully saturated rings. The number of aliphatic hydroxyl groups excluding tert-OH is 1. The first kappa shape index (κ1) is 27.9. The number of carbonyl (C=O) groups is 1. The number of hydrogen-bond donors (Lipinski definition) is 2. The van der Waals surface area contributed by atoms with E-state index in [9.17, 15) is 9.18 Å². The number of aryl methyl sites for hydroxylation is 1. The van der Waals surface area contributed by atoms with Gasteiger partial charge in [0.05, 0.1) is 47.0 Å². The van der Waals surface area contributed by atoms with Gasteiger partial charge in [-0.15, -0.1) is 11.8 Å². The van der Waals surface area contributed by atoms with Gasteiger partial charge >= 0.3 is 0 Å². The van der Waals surface area contributed by atoms with Gasteiger partial charge in [0.25, 0.3) is 5.91 Å². The summed E-state index contributed by atoms with van der Waals surface area (Å²) in [7, 11) is 0. The number of aromatic nitrogens is 4. The standard InChI is InChI=1S/C30H33FN6O2S/c1-18-8-19(2)17-37(16-18)29-11-23(31)10-27(36-29)25-5-4-21-13-33-24(12-26(21)35-25)15-34-30(39)22-9-28(40-7-6-38)20(3)32-14-22/h4-5,9-14,18-19,38H,6-8,15-17H2,1-3H3,(H,34,39). The molecular weight excluding hydrogens is 527 g/mol. The van der Waals surface area contributed by atoms with Gasteiger partial charge in [-0.25, -0.2) is 14.4 Å². The number of carbonyl (C=O) groups excluding carboxylic acids is 1. The van der Waals surface area contributed by atoms with E-state index in [1.807, 2.05) is 25.1 Å². The van der Waals surface area contributed by atoms with Crippen LogP contribution >= 0.6 is 11.8 Å². The van der Waals surface area contributed by atoms with Gasteiger partial charge in [0, 0.05) is 53.7 Å². The molecule has 1 saturated heterocycles. The number of rotatable bonds is 8. The van der Waals surface area contributed by atoms with Crippen molar-refractivity contribution in [3.8, 4) is 11.4 Å². The predicted molar refractivity (Wildman–Crippen MR) is 156 cm³/mol.